The fourth-order valence-electron chi connectivity index (χ4n) is 6.14. The van der Waals surface area contributed by atoms with E-state index in [2.05, 4.69) is 19.2 Å². The number of thioether (sulfide) groups is 1. The third-order valence-corrected chi connectivity index (χ3v) is 10.5. The number of amides is 1. The quantitative estimate of drug-likeness (QED) is 0.0360. The molecule has 9 nitrogen and oxygen atoms in total. The van der Waals surface area contributed by atoms with Crippen LogP contribution in [0.5, 0.6) is 0 Å². The molecule has 0 bridgehead atoms. The van der Waals surface area contributed by atoms with Crippen LogP contribution < -0.4 is 5.32 Å². The number of carboxylic acid groups (broad SMARTS) is 1. The molecular weight excluding hydrogens is 691 g/mol. The fraction of sp³-hybridized carbons (Fsp3) is 0.907. The van der Waals surface area contributed by atoms with Crippen molar-refractivity contribution < 1.29 is 38.5 Å². The summed E-state index contributed by atoms with van der Waals surface area (Å²) in [5.74, 6) is -1.58. The summed E-state index contributed by atoms with van der Waals surface area (Å²) >= 11 is 1.22. The average Bonchev–Trinajstić information content (AvgIpc) is 3.09. The second-order valence-electron chi connectivity index (χ2n) is 15.9. The molecule has 0 aromatic rings. The van der Waals surface area contributed by atoms with Gasteiger partial charge in [-0.2, -0.15) is 11.8 Å². The first-order chi connectivity index (χ1) is 25.5. The summed E-state index contributed by atoms with van der Waals surface area (Å²) in [6.07, 6.45) is 31.0. The van der Waals surface area contributed by atoms with Gasteiger partial charge in [0.1, 0.15) is 24.4 Å². The summed E-state index contributed by atoms with van der Waals surface area (Å²) in [6, 6.07) is -1.19. The Labute approximate surface area is 329 Å². The van der Waals surface area contributed by atoms with Crippen LogP contribution in [0.3, 0.4) is 0 Å². The van der Waals surface area contributed by atoms with Crippen LogP contribution in [-0.4, -0.2) is 65.0 Å². The van der Waals surface area contributed by atoms with E-state index >= 15 is 0 Å². The zero-order chi connectivity index (χ0) is 39.4. The van der Waals surface area contributed by atoms with Crippen LogP contribution in [0, 0.1) is 0 Å². The fourth-order valence-corrected chi connectivity index (χ4v) is 7.16. The lowest BCUT2D eigenvalue weighted by molar-refractivity contribution is -0.157. The molecule has 0 rings (SSSR count). The van der Waals surface area contributed by atoms with Crippen molar-refractivity contribution in [2.75, 3.05) is 18.1 Å². The molecule has 2 N–H and O–H groups in total. The van der Waals surface area contributed by atoms with Gasteiger partial charge in [0.05, 0.1) is 0 Å². The zero-order valence-electron chi connectivity index (χ0n) is 34.8. The molecule has 0 fully saturated rings. The van der Waals surface area contributed by atoms with Gasteiger partial charge in [-0.15, -0.1) is 0 Å². The highest BCUT2D eigenvalue weighted by molar-refractivity contribution is 7.99. The topological polar surface area (TPSA) is 128 Å². The number of esters is 2. The van der Waals surface area contributed by atoms with E-state index < -0.39 is 29.8 Å². The number of rotatable bonds is 37. The number of hydrogen-bond acceptors (Lipinski definition) is 8. The Morgan fingerprint density at radius 3 is 1.32 bits per heavy atom. The minimum atomic E-state index is -1.19. The van der Waals surface area contributed by atoms with Crippen molar-refractivity contribution in [3.63, 3.8) is 0 Å². The van der Waals surface area contributed by atoms with Gasteiger partial charge in [0.25, 0.3) is 0 Å². The molecule has 2 unspecified atom stereocenters. The third-order valence-electron chi connectivity index (χ3n) is 9.27. The molecule has 0 heterocycles. The number of carboxylic acids is 1. The molecule has 0 radical (unpaired) electrons. The molecule has 0 saturated heterocycles. The van der Waals surface area contributed by atoms with Crippen molar-refractivity contribution >= 4 is 35.8 Å². The Hall–Kier alpha value is -1.97. The van der Waals surface area contributed by atoms with E-state index in [4.69, 9.17) is 14.2 Å². The largest absolute Gasteiger partial charge is 0.480 e. The smallest absolute Gasteiger partial charge is 0.408 e. The van der Waals surface area contributed by atoms with Gasteiger partial charge < -0.3 is 24.6 Å². The van der Waals surface area contributed by atoms with E-state index in [-0.39, 0.29) is 30.1 Å². The van der Waals surface area contributed by atoms with Gasteiger partial charge in [-0.3, -0.25) is 9.59 Å². The predicted octanol–water partition coefficient (Wildman–Crippen LogP) is 12.1. The van der Waals surface area contributed by atoms with E-state index in [0.29, 0.717) is 12.8 Å². The maximum Gasteiger partial charge on any atom is 0.408 e. The summed E-state index contributed by atoms with van der Waals surface area (Å²) in [5.41, 5.74) is -0.760. The van der Waals surface area contributed by atoms with Crippen molar-refractivity contribution in [1.82, 2.24) is 5.32 Å². The van der Waals surface area contributed by atoms with Gasteiger partial charge in [0.2, 0.25) is 0 Å². The van der Waals surface area contributed by atoms with Crippen molar-refractivity contribution in [2.24, 2.45) is 0 Å². The number of unbranched alkanes of at least 4 members (excludes halogenated alkanes) is 24. The number of alkyl carbamates (subject to hydrolysis) is 1. The number of nitrogens with one attached hydrogen (secondary N) is 1. The highest BCUT2D eigenvalue weighted by Crippen LogP contribution is 2.17. The van der Waals surface area contributed by atoms with E-state index in [1.165, 1.54) is 140 Å². The molecule has 312 valence electrons. The summed E-state index contributed by atoms with van der Waals surface area (Å²) in [7, 11) is 0. The molecule has 10 heteroatoms. The lowest BCUT2D eigenvalue weighted by Crippen LogP contribution is -2.45. The molecule has 0 saturated carbocycles. The van der Waals surface area contributed by atoms with E-state index in [1.807, 2.05) is 0 Å². The Morgan fingerprint density at radius 2 is 0.943 bits per heavy atom. The third kappa shape index (κ3) is 36.8. The number of aliphatic carboxylic acids is 1. The monoisotopic (exact) mass is 772 g/mol. The number of hydrogen-bond donors (Lipinski definition) is 2. The highest BCUT2D eigenvalue weighted by Gasteiger charge is 2.25. The number of ether oxygens (including phenoxy) is 3. The van der Waals surface area contributed by atoms with Crippen molar-refractivity contribution in [2.45, 2.75) is 232 Å². The Morgan fingerprint density at radius 1 is 0.566 bits per heavy atom. The molecule has 0 aromatic carbocycles. The zero-order valence-corrected chi connectivity index (χ0v) is 35.6. The van der Waals surface area contributed by atoms with Crippen LogP contribution in [0.2, 0.25) is 0 Å². The Bertz CT molecular complexity index is 909. The van der Waals surface area contributed by atoms with Crippen molar-refractivity contribution in [3.8, 4) is 0 Å². The second kappa shape index (κ2) is 35.7. The molecular formula is C43H81NO8S. The van der Waals surface area contributed by atoms with Crippen LogP contribution in [0.15, 0.2) is 0 Å². The first-order valence-corrected chi connectivity index (χ1v) is 22.8. The maximum atomic E-state index is 12.8. The number of carbonyl (C=O) groups is 4. The minimum Gasteiger partial charge on any atom is -0.480 e. The lowest BCUT2D eigenvalue weighted by atomic mass is 10.0. The van der Waals surface area contributed by atoms with Crippen LogP contribution in [0.4, 0.5) is 4.79 Å². The van der Waals surface area contributed by atoms with Gasteiger partial charge in [-0.25, -0.2) is 9.59 Å². The summed E-state index contributed by atoms with van der Waals surface area (Å²) in [5, 5.41) is 12.0. The van der Waals surface area contributed by atoms with Gasteiger partial charge in [-0.1, -0.05) is 168 Å². The summed E-state index contributed by atoms with van der Waals surface area (Å²) in [4.78, 5) is 49.3. The molecule has 0 aliphatic heterocycles. The normalized spacial score (nSPS) is 12.6. The SMILES string of the molecule is CCCCCCCCCCCCCCCC(=O)OCC(CSCC(NC(=O)OC(C)(C)C)C(=O)O)OC(=O)CCCCCCCCCCCCCCC. The Balaban J connectivity index is 4.54. The van der Waals surface area contributed by atoms with Crippen LogP contribution in [0.25, 0.3) is 0 Å². The van der Waals surface area contributed by atoms with Crippen LogP contribution >= 0.6 is 11.8 Å². The Kier molecular flexibility index (Phi) is 34.4. The van der Waals surface area contributed by atoms with Crippen LogP contribution in [0.1, 0.15) is 214 Å². The maximum absolute atomic E-state index is 12.8. The van der Waals surface area contributed by atoms with Crippen LogP contribution in [-0.2, 0) is 28.6 Å². The average molecular weight is 772 g/mol. The van der Waals surface area contributed by atoms with Gasteiger partial charge in [0, 0.05) is 24.3 Å². The molecule has 0 aliphatic carbocycles. The summed E-state index contributed by atoms with van der Waals surface area (Å²) in [6.45, 7) is 9.53. The number of carbonyl (C=O) groups excluding carboxylic acids is 3. The lowest BCUT2D eigenvalue weighted by Gasteiger charge is -2.22. The molecule has 1 amide bonds. The standard InChI is InChI=1S/C43H81NO8S/c1-6-8-10-12-14-16-18-20-22-24-26-28-30-32-39(45)50-34-37(35-53-36-38(41(47)48)44-42(49)52-43(3,4)5)51-40(46)33-31-29-27-25-23-21-19-17-15-13-11-9-7-2/h37-38H,6-36H2,1-5H3,(H,44,49)(H,47,48). The summed E-state index contributed by atoms with van der Waals surface area (Å²) < 4.78 is 16.4. The predicted molar refractivity (Wildman–Crippen MR) is 220 cm³/mol. The van der Waals surface area contributed by atoms with E-state index in [9.17, 15) is 24.3 Å². The second-order valence-corrected chi connectivity index (χ2v) is 16.9. The first kappa shape index (κ1) is 51.0. The molecule has 0 aromatic heterocycles. The van der Waals surface area contributed by atoms with Crippen molar-refractivity contribution in [3.05, 3.63) is 0 Å². The highest BCUT2D eigenvalue weighted by atomic mass is 32.2. The first-order valence-electron chi connectivity index (χ1n) is 21.6. The molecule has 53 heavy (non-hydrogen) atoms. The van der Waals surface area contributed by atoms with Gasteiger partial charge in [0.15, 0.2) is 0 Å². The molecule has 2 atom stereocenters. The molecule has 0 spiro atoms. The van der Waals surface area contributed by atoms with E-state index in [0.717, 1.165) is 38.5 Å². The molecule has 0 aliphatic rings. The van der Waals surface area contributed by atoms with Gasteiger partial charge >= 0.3 is 24.0 Å². The minimum absolute atomic E-state index is 0.0361. The van der Waals surface area contributed by atoms with Crippen molar-refractivity contribution in [1.29, 1.82) is 0 Å². The van der Waals surface area contributed by atoms with E-state index in [1.54, 1.807) is 20.8 Å². The van der Waals surface area contributed by atoms with Gasteiger partial charge in [-0.05, 0) is 33.6 Å².